The van der Waals surface area contributed by atoms with Crippen molar-refractivity contribution in [2.24, 2.45) is 0 Å². The number of aryl methyl sites for hydroxylation is 1. The van der Waals surface area contributed by atoms with Crippen LogP contribution in [-0.4, -0.2) is 36.7 Å². The van der Waals surface area contributed by atoms with Gasteiger partial charge in [0.1, 0.15) is 5.75 Å². The minimum atomic E-state index is -0.138. The third kappa shape index (κ3) is 3.27. The number of aliphatic hydroxyl groups is 1. The summed E-state index contributed by atoms with van der Waals surface area (Å²) in [6, 6.07) is 0. The predicted octanol–water partition coefficient (Wildman–Crippen LogP) is -0.0308. The van der Waals surface area contributed by atoms with E-state index < -0.39 is 0 Å². The van der Waals surface area contributed by atoms with Gasteiger partial charge in [-0.3, -0.25) is 9.67 Å². The van der Waals surface area contributed by atoms with Crippen molar-refractivity contribution in [1.29, 1.82) is 0 Å². The Kier molecular flexibility index (Phi) is 4.43. The maximum atomic E-state index is 9.95. The molecule has 0 unspecified atom stereocenters. The molecule has 7 heteroatoms. The first-order chi connectivity index (χ1) is 9.22. The smallest absolute Gasteiger partial charge is 0.141 e. The number of aromatic nitrogens is 4. The third-order valence-corrected chi connectivity index (χ3v) is 2.89. The number of hydrogen-bond acceptors (Lipinski definition) is 6. The molecule has 0 aliphatic rings. The largest absolute Gasteiger partial charge is 0.506 e. The van der Waals surface area contributed by atoms with Gasteiger partial charge in [0.25, 0.3) is 0 Å². The summed E-state index contributed by atoms with van der Waals surface area (Å²) in [5.74, 6) is 0.139. The van der Waals surface area contributed by atoms with Crippen LogP contribution >= 0.6 is 0 Å². The van der Waals surface area contributed by atoms with Crippen LogP contribution in [0.4, 0.5) is 0 Å². The molecule has 0 bridgehead atoms. The van der Waals surface area contributed by atoms with Crippen LogP contribution in [0.2, 0.25) is 0 Å². The summed E-state index contributed by atoms with van der Waals surface area (Å²) in [6.07, 6.45) is 5.00. The van der Waals surface area contributed by atoms with E-state index in [1.807, 2.05) is 0 Å². The maximum Gasteiger partial charge on any atom is 0.141 e. The Hall–Kier alpha value is -1.99. The molecular formula is C12H17N5O2. The zero-order valence-corrected chi connectivity index (χ0v) is 10.7. The van der Waals surface area contributed by atoms with Gasteiger partial charge < -0.3 is 15.5 Å². The van der Waals surface area contributed by atoms with Crippen molar-refractivity contribution in [2.75, 3.05) is 6.54 Å². The number of nitrogens with zero attached hydrogens (tertiary/aromatic N) is 4. The topological polar surface area (TPSA) is 96.1 Å². The third-order valence-electron chi connectivity index (χ3n) is 2.89. The summed E-state index contributed by atoms with van der Waals surface area (Å²) < 4.78 is 1.72. The second-order valence-electron chi connectivity index (χ2n) is 4.20. The fourth-order valence-corrected chi connectivity index (χ4v) is 1.78. The van der Waals surface area contributed by atoms with Gasteiger partial charge in [0, 0.05) is 36.6 Å². The molecule has 2 aromatic heterocycles. The van der Waals surface area contributed by atoms with Crippen molar-refractivity contribution in [2.45, 2.75) is 26.6 Å². The average Bonchev–Trinajstić information content (AvgIpc) is 2.92. The van der Waals surface area contributed by atoms with Crippen molar-refractivity contribution in [3.8, 4) is 5.75 Å². The Bertz CT molecular complexity index is 527. The molecular weight excluding hydrogens is 246 g/mol. The fraction of sp³-hybridized carbons (Fsp3) is 0.417. The first kappa shape index (κ1) is 13.4. The Morgan fingerprint density at radius 2 is 2.26 bits per heavy atom. The van der Waals surface area contributed by atoms with E-state index >= 15 is 0 Å². The molecule has 7 nitrogen and oxygen atoms in total. The molecule has 2 heterocycles. The molecule has 102 valence electrons. The monoisotopic (exact) mass is 263 g/mol. The van der Waals surface area contributed by atoms with E-state index in [1.165, 1.54) is 0 Å². The van der Waals surface area contributed by atoms with Gasteiger partial charge in [0.2, 0.25) is 0 Å². The number of pyridine rings is 1. The Labute approximate surface area is 110 Å². The lowest BCUT2D eigenvalue weighted by molar-refractivity contribution is 0.278. The van der Waals surface area contributed by atoms with Crippen molar-refractivity contribution in [3.63, 3.8) is 0 Å². The number of aromatic hydroxyl groups is 1. The Morgan fingerprint density at radius 3 is 2.95 bits per heavy atom. The summed E-state index contributed by atoms with van der Waals surface area (Å²) >= 11 is 0. The fourth-order valence-electron chi connectivity index (χ4n) is 1.78. The van der Waals surface area contributed by atoms with Crippen molar-refractivity contribution >= 4 is 0 Å². The summed E-state index contributed by atoms with van der Waals surface area (Å²) in [5.41, 5.74) is 1.88. The van der Waals surface area contributed by atoms with Crippen LogP contribution in [0.5, 0.6) is 5.75 Å². The standard InChI is InChI=1S/C12H17N5O2/c1-9-12(19)11(10(8-18)6-14-9)7-13-2-4-17-5-3-15-16-17/h3,5-6,13,18-19H,2,4,7-8H2,1H3. The molecule has 0 atom stereocenters. The number of nitrogens with one attached hydrogen (secondary N) is 1. The number of aliphatic hydroxyl groups excluding tert-OH is 1. The SMILES string of the molecule is Cc1ncc(CO)c(CNCCn2ccnn2)c1O. The molecule has 0 aliphatic heterocycles. The molecule has 0 aromatic carbocycles. The van der Waals surface area contributed by atoms with Crippen LogP contribution in [0.25, 0.3) is 0 Å². The van der Waals surface area contributed by atoms with Crippen molar-refractivity contribution < 1.29 is 10.2 Å². The zero-order valence-electron chi connectivity index (χ0n) is 10.7. The molecule has 0 aliphatic carbocycles. The lowest BCUT2D eigenvalue weighted by atomic mass is 10.1. The van der Waals surface area contributed by atoms with Gasteiger partial charge in [0.05, 0.1) is 25.0 Å². The van der Waals surface area contributed by atoms with Crippen molar-refractivity contribution in [3.05, 3.63) is 35.4 Å². The Morgan fingerprint density at radius 1 is 1.42 bits per heavy atom. The van der Waals surface area contributed by atoms with E-state index in [0.717, 1.165) is 0 Å². The molecule has 0 saturated heterocycles. The van der Waals surface area contributed by atoms with E-state index in [4.69, 9.17) is 0 Å². The van der Waals surface area contributed by atoms with Crippen LogP contribution in [0.3, 0.4) is 0 Å². The molecule has 2 aromatic rings. The highest BCUT2D eigenvalue weighted by Crippen LogP contribution is 2.23. The highest BCUT2D eigenvalue weighted by molar-refractivity contribution is 5.40. The Balaban J connectivity index is 1.93. The minimum Gasteiger partial charge on any atom is -0.506 e. The number of hydrogen-bond donors (Lipinski definition) is 3. The highest BCUT2D eigenvalue weighted by Gasteiger charge is 2.10. The van der Waals surface area contributed by atoms with E-state index in [1.54, 1.807) is 30.2 Å². The van der Waals surface area contributed by atoms with Crippen LogP contribution in [0, 0.1) is 6.92 Å². The van der Waals surface area contributed by atoms with Gasteiger partial charge in [-0.25, -0.2) is 0 Å². The van der Waals surface area contributed by atoms with E-state index in [9.17, 15) is 10.2 Å². The lowest BCUT2D eigenvalue weighted by Crippen LogP contribution is -2.21. The van der Waals surface area contributed by atoms with E-state index in [2.05, 4.69) is 20.6 Å². The van der Waals surface area contributed by atoms with Gasteiger partial charge in [-0.15, -0.1) is 5.10 Å². The van der Waals surface area contributed by atoms with Crippen molar-refractivity contribution in [1.82, 2.24) is 25.3 Å². The molecule has 0 radical (unpaired) electrons. The maximum absolute atomic E-state index is 9.95. The van der Waals surface area contributed by atoms with Crippen LogP contribution in [-0.2, 0) is 19.7 Å². The zero-order chi connectivity index (χ0) is 13.7. The first-order valence-corrected chi connectivity index (χ1v) is 6.04. The summed E-state index contributed by atoms with van der Waals surface area (Å²) in [6.45, 7) is 3.45. The molecule has 2 rings (SSSR count). The molecule has 0 fully saturated rings. The van der Waals surface area contributed by atoms with E-state index in [-0.39, 0.29) is 12.4 Å². The molecule has 3 N–H and O–H groups in total. The van der Waals surface area contributed by atoms with Crippen LogP contribution in [0.1, 0.15) is 16.8 Å². The molecule has 0 saturated carbocycles. The van der Waals surface area contributed by atoms with Crippen LogP contribution in [0.15, 0.2) is 18.6 Å². The summed E-state index contributed by atoms with van der Waals surface area (Å²) in [7, 11) is 0. The predicted molar refractivity (Wildman–Crippen MR) is 68.3 cm³/mol. The summed E-state index contributed by atoms with van der Waals surface area (Å²) in [4.78, 5) is 4.02. The second kappa shape index (κ2) is 6.26. The van der Waals surface area contributed by atoms with Gasteiger partial charge in [-0.1, -0.05) is 5.21 Å². The molecule has 0 amide bonds. The highest BCUT2D eigenvalue weighted by atomic mass is 16.3. The lowest BCUT2D eigenvalue weighted by Gasteiger charge is -2.12. The average molecular weight is 263 g/mol. The first-order valence-electron chi connectivity index (χ1n) is 6.04. The van der Waals surface area contributed by atoms with E-state index in [0.29, 0.717) is 36.5 Å². The van der Waals surface area contributed by atoms with Gasteiger partial charge in [0.15, 0.2) is 0 Å². The van der Waals surface area contributed by atoms with Gasteiger partial charge >= 0.3 is 0 Å². The normalized spacial score (nSPS) is 10.8. The quantitative estimate of drug-likeness (QED) is 0.633. The van der Waals surface area contributed by atoms with Gasteiger partial charge in [-0.2, -0.15) is 0 Å². The molecule has 0 spiro atoms. The minimum absolute atomic E-state index is 0.138. The van der Waals surface area contributed by atoms with Gasteiger partial charge in [-0.05, 0) is 6.92 Å². The molecule has 19 heavy (non-hydrogen) atoms. The van der Waals surface area contributed by atoms with Crippen LogP contribution < -0.4 is 5.32 Å². The summed E-state index contributed by atoms with van der Waals surface area (Å²) in [5, 5.41) is 30.0. The second-order valence-corrected chi connectivity index (χ2v) is 4.20. The number of rotatable bonds is 6.